The van der Waals surface area contributed by atoms with Gasteiger partial charge in [0.05, 0.1) is 16.6 Å². The van der Waals surface area contributed by atoms with Crippen LogP contribution in [0.1, 0.15) is 11.1 Å². The van der Waals surface area contributed by atoms with Crippen LogP contribution in [0.3, 0.4) is 0 Å². The third-order valence-corrected chi connectivity index (χ3v) is 4.92. The summed E-state index contributed by atoms with van der Waals surface area (Å²) in [7, 11) is 1.49. The van der Waals surface area contributed by atoms with E-state index in [1.165, 1.54) is 24.5 Å². The molecule has 2 rings (SSSR count). The zero-order valence-corrected chi connectivity index (χ0v) is 15.5. The van der Waals surface area contributed by atoms with E-state index in [1.54, 1.807) is 12.1 Å². The predicted molar refractivity (Wildman–Crippen MR) is 97.0 cm³/mol. The van der Waals surface area contributed by atoms with Gasteiger partial charge in [-0.05, 0) is 57.6 Å². The van der Waals surface area contributed by atoms with E-state index in [0.717, 1.165) is 14.9 Å². The smallest absolute Gasteiger partial charge is 0.266 e. The number of rotatable bonds is 4. The second kappa shape index (κ2) is 7.64. The first-order valence-corrected chi connectivity index (χ1v) is 8.51. The second-order valence-corrected chi connectivity index (χ2v) is 7.31. The Kier molecular flexibility index (Phi) is 5.83. The third-order valence-electron chi connectivity index (χ3n) is 2.99. The van der Waals surface area contributed by atoms with Crippen molar-refractivity contribution in [2.75, 3.05) is 12.4 Å². The molecule has 0 unspecified atom stereocenters. The van der Waals surface area contributed by atoms with Crippen molar-refractivity contribution < 1.29 is 9.53 Å². The maximum atomic E-state index is 12.3. The van der Waals surface area contributed by atoms with Gasteiger partial charge < -0.3 is 10.1 Å². The van der Waals surface area contributed by atoms with E-state index in [2.05, 4.69) is 21.2 Å². The van der Waals surface area contributed by atoms with Crippen molar-refractivity contribution in [2.24, 2.45) is 0 Å². The fraction of sp³-hybridized carbons (Fsp3) is 0.125. The summed E-state index contributed by atoms with van der Waals surface area (Å²) in [6.07, 6.45) is 1.53. The Hall–Kier alpha value is -1.81. The van der Waals surface area contributed by atoms with Crippen LogP contribution in [-0.4, -0.2) is 13.0 Å². The first kappa shape index (κ1) is 17.5. The number of carbonyl (C=O) groups is 1. The highest BCUT2D eigenvalue weighted by Gasteiger charge is 2.14. The van der Waals surface area contributed by atoms with E-state index >= 15 is 0 Å². The Balaban J connectivity index is 2.29. The molecule has 1 aromatic heterocycles. The molecule has 0 fully saturated rings. The van der Waals surface area contributed by atoms with Gasteiger partial charge in [-0.1, -0.05) is 11.6 Å². The molecule has 4 nitrogen and oxygen atoms in total. The second-order valence-electron chi connectivity index (χ2n) is 4.61. The Bertz CT molecular complexity index is 824. The summed E-state index contributed by atoms with van der Waals surface area (Å²) in [5.74, 6) is -0.0700. The predicted octanol–water partition coefficient (Wildman–Crippen LogP) is 5.03. The van der Waals surface area contributed by atoms with Gasteiger partial charge in [0.15, 0.2) is 0 Å². The Labute approximate surface area is 151 Å². The lowest BCUT2D eigenvalue weighted by molar-refractivity contribution is -0.112. The van der Waals surface area contributed by atoms with Gasteiger partial charge in [0.25, 0.3) is 5.91 Å². The number of hydrogen-bond donors (Lipinski definition) is 1. The number of methoxy groups -OCH3 is 1. The molecular weight excluding hydrogens is 400 g/mol. The van der Waals surface area contributed by atoms with Crippen LogP contribution in [0.2, 0.25) is 5.02 Å². The normalized spacial score (nSPS) is 11.0. The number of thiophene rings is 1. The molecule has 118 valence electrons. The molecule has 0 saturated carbocycles. The minimum atomic E-state index is -0.505. The number of nitrogens with zero attached hydrogens (tertiary/aromatic N) is 1. The molecule has 1 N–H and O–H groups in total. The summed E-state index contributed by atoms with van der Waals surface area (Å²) < 4.78 is 6.14. The van der Waals surface area contributed by atoms with E-state index in [4.69, 9.17) is 16.3 Å². The average molecular weight is 412 g/mol. The molecule has 0 saturated heterocycles. The van der Waals surface area contributed by atoms with Gasteiger partial charge in [-0.25, -0.2) is 0 Å². The molecule has 0 atom stereocenters. The maximum Gasteiger partial charge on any atom is 0.266 e. The lowest BCUT2D eigenvalue weighted by Crippen LogP contribution is -2.14. The first-order chi connectivity index (χ1) is 10.9. The van der Waals surface area contributed by atoms with E-state index in [0.29, 0.717) is 16.5 Å². The van der Waals surface area contributed by atoms with Crippen molar-refractivity contribution in [2.45, 2.75) is 6.92 Å². The van der Waals surface area contributed by atoms with Crippen molar-refractivity contribution in [3.8, 4) is 11.8 Å². The van der Waals surface area contributed by atoms with E-state index in [-0.39, 0.29) is 5.57 Å². The van der Waals surface area contributed by atoms with Crippen LogP contribution in [0, 0.1) is 18.3 Å². The Morgan fingerprint density at radius 2 is 2.22 bits per heavy atom. The van der Waals surface area contributed by atoms with E-state index < -0.39 is 5.91 Å². The summed E-state index contributed by atoms with van der Waals surface area (Å²) in [4.78, 5) is 12.3. The largest absolute Gasteiger partial charge is 0.495 e. The van der Waals surface area contributed by atoms with Crippen LogP contribution in [0.4, 0.5) is 5.69 Å². The van der Waals surface area contributed by atoms with E-state index in [1.807, 2.05) is 24.4 Å². The third kappa shape index (κ3) is 4.35. The first-order valence-electron chi connectivity index (χ1n) is 6.46. The Morgan fingerprint density at radius 3 is 2.78 bits per heavy atom. The summed E-state index contributed by atoms with van der Waals surface area (Å²) in [5.41, 5.74) is 2.05. The van der Waals surface area contributed by atoms with Crippen molar-refractivity contribution >= 4 is 56.5 Å². The molecule has 0 spiro atoms. The van der Waals surface area contributed by atoms with E-state index in [9.17, 15) is 10.1 Å². The number of nitrogens with one attached hydrogen (secondary N) is 1. The minimum absolute atomic E-state index is 0.00459. The summed E-state index contributed by atoms with van der Waals surface area (Å²) in [5, 5.41) is 14.3. The topological polar surface area (TPSA) is 62.1 Å². The molecule has 0 aliphatic rings. The molecule has 1 heterocycles. The molecule has 7 heteroatoms. The number of amides is 1. The van der Waals surface area contributed by atoms with Gasteiger partial charge in [-0.2, -0.15) is 5.26 Å². The minimum Gasteiger partial charge on any atom is -0.495 e. The fourth-order valence-corrected chi connectivity index (χ4v) is 3.12. The highest BCUT2D eigenvalue weighted by atomic mass is 79.9. The molecule has 1 aromatic carbocycles. The van der Waals surface area contributed by atoms with Gasteiger partial charge in [0.1, 0.15) is 17.4 Å². The number of halogens is 2. The molecule has 0 aliphatic carbocycles. The fourth-order valence-electron chi connectivity index (χ4n) is 1.83. The molecule has 1 amide bonds. The van der Waals surface area contributed by atoms with Gasteiger partial charge in [-0.3, -0.25) is 4.79 Å². The van der Waals surface area contributed by atoms with Gasteiger partial charge in [0.2, 0.25) is 0 Å². The van der Waals surface area contributed by atoms with Crippen molar-refractivity contribution in [1.29, 1.82) is 5.26 Å². The number of ether oxygens (including phenoxy) is 1. The molecule has 0 radical (unpaired) electrons. The zero-order valence-electron chi connectivity index (χ0n) is 12.3. The highest BCUT2D eigenvalue weighted by Crippen LogP contribution is 2.31. The molecule has 0 aliphatic heterocycles. The quantitative estimate of drug-likeness (QED) is 0.567. The standard InChI is InChI=1S/C16H12BrClN2O2S/c1-9-3-13(14(22-2)6-12(9)18)20-16(21)11(7-19)4-10-5-15(17)23-8-10/h3-6,8H,1-2H3,(H,20,21)/b11-4+. The van der Waals surface area contributed by atoms with Crippen LogP contribution < -0.4 is 10.1 Å². The van der Waals surface area contributed by atoms with Gasteiger partial charge in [-0.15, -0.1) is 11.3 Å². The Morgan fingerprint density at radius 1 is 1.48 bits per heavy atom. The van der Waals surface area contributed by atoms with Crippen LogP contribution in [0.5, 0.6) is 5.75 Å². The SMILES string of the molecule is COc1cc(Cl)c(C)cc1NC(=O)/C(C#N)=C/c1csc(Br)c1. The van der Waals surface area contributed by atoms with Crippen molar-refractivity contribution in [1.82, 2.24) is 0 Å². The van der Waals surface area contributed by atoms with Gasteiger partial charge in [0, 0.05) is 11.1 Å². The van der Waals surface area contributed by atoms with Gasteiger partial charge >= 0.3 is 0 Å². The highest BCUT2D eigenvalue weighted by molar-refractivity contribution is 9.11. The molecule has 2 aromatic rings. The summed E-state index contributed by atoms with van der Waals surface area (Å²) in [6.45, 7) is 1.82. The number of nitriles is 1. The number of aryl methyl sites for hydroxylation is 1. The van der Waals surface area contributed by atoms with Crippen LogP contribution in [0.15, 0.2) is 32.9 Å². The molecule has 0 bridgehead atoms. The lowest BCUT2D eigenvalue weighted by atomic mass is 10.1. The monoisotopic (exact) mass is 410 g/mol. The number of anilines is 1. The van der Waals surface area contributed by atoms with Crippen LogP contribution in [0.25, 0.3) is 6.08 Å². The van der Waals surface area contributed by atoms with Crippen LogP contribution >= 0.6 is 38.9 Å². The molecular formula is C16H12BrClN2O2S. The summed E-state index contributed by atoms with van der Waals surface area (Å²) in [6, 6.07) is 7.08. The lowest BCUT2D eigenvalue weighted by Gasteiger charge is -2.11. The summed E-state index contributed by atoms with van der Waals surface area (Å²) >= 11 is 10.9. The van der Waals surface area contributed by atoms with Crippen molar-refractivity contribution in [3.05, 3.63) is 49.1 Å². The average Bonchev–Trinajstić information content (AvgIpc) is 2.93. The zero-order chi connectivity index (χ0) is 17.0. The maximum absolute atomic E-state index is 12.3. The molecule has 23 heavy (non-hydrogen) atoms. The van der Waals surface area contributed by atoms with Crippen molar-refractivity contribution in [3.63, 3.8) is 0 Å². The number of hydrogen-bond acceptors (Lipinski definition) is 4. The number of carbonyl (C=O) groups excluding carboxylic acids is 1. The van der Waals surface area contributed by atoms with Crippen LogP contribution in [-0.2, 0) is 4.79 Å². The number of benzene rings is 1.